The topological polar surface area (TPSA) is 134 Å². The van der Waals surface area contributed by atoms with Gasteiger partial charge in [-0.3, -0.25) is 19.7 Å². The highest BCUT2D eigenvalue weighted by Gasteiger charge is 2.25. The highest BCUT2D eigenvalue weighted by molar-refractivity contribution is 7.15. The summed E-state index contributed by atoms with van der Waals surface area (Å²) in [5.41, 5.74) is 0.766. The van der Waals surface area contributed by atoms with Crippen LogP contribution in [-0.2, 0) is 9.53 Å². The van der Waals surface area contributed by atoms with Crippen LogP contribution in [0.5, 0.6) is 11.5 Å². The van der Waals surface area contributed by atoms with E-state index in [1.54, 1.807) is 36.6 Å². The van der Waals surface area contributed by atoms with Crippen molar-refractivity contribution >= 4 is 39.9 Å². The number of esters is 2. The first-order chi connectivity index (χ1) is 16.7. The Bertz CT molecular complexity index is 1270. The first-order valence-electron chi connectivity index (χ1n) is 10.5. The summed E-state index contributed by atoms with van der Waals surface area (Å²) < 4.78 is 15.7. The van der Waals surface area contributed by atoms with Crippen LogP contribution in [0.15, 0.2) is 47.8 Å². The quantitative estimate of drug-likeness (QED) is 0.187. The van der Waals surface area contributed by atoms with Gasteiger partial charge in [0, 0.05) is 30.0 Å². The van der Waals surface area contributed by atoms with Gasteiger partial charge in [0.25, 0.3) is 11.6 Å². The number of rotatable bonds is 9. The van der Waals surface area contributed by atoms with Crippen molar-refractivity contribution < 1.29 is 33.5 Å². The Balaban J connectivity index is 2.02. The predicted molar refractivity (Wildman–Crippen MR) is 129 cm³/mol. The number of nitro benzene ring substituents is 1. The van der Waals surface area contributed by atoms with Crippen molar-refractivity contribution in [1.29, 1.82) is 0 Å². The van der Waals surface area contributed by atoms with E-state index in [1.807, 2.05) is 6.92 Å². The van der Waals surface area contributed by atoms with Crippen molar-refractivity contribution in [3.05, 3.63) is 69.1 Å². The number of amides is 1. The van der Waals surface area contributed by atoms with Gasteiger partial charge >= 0.3 is 11.9 Å². The van der Waals surface area contributed by atoms with Crippen LogP contribution >= 0.6 is 11.3 Å². The molecule has 0 aliphatic heterocycles. The minimum atomic E-state index is -0.796. The normalized spacial score (nSPS) is 10.4. The molecule has 0 bridgehead atoms. The molecule has 0 fully saturated rings. The van der Waals surface area contributed by atoms with E-state index in [2.05, 4.69) is 5.32 Å². The summed E-state index contributed by atoms with van der Waals surface area (Å²) in [7, 11) is 0. The first kappa shape index (κ1) is 25.4. The Labute approximate surface area is 204 Å². The zero-order chi connectivity index (χ0) is 25.5. The van der Waals surface area contributed by atoms with Crippen molar-refractivity contribution in [2.75, 3.05) is 18.5 Å². The lowest BCUT2D eigenvalue weighted by Gasteiger charge is -2.11. The lowest BCUT2D eigenvalue weighted by Crippen LogP contribution is -2.17. The predicted octanol–water partition coefficient (Wildman–Crippen LogP) is 5.08. The average Bonchev–Trinajstić information content (AvgIpc) is 3.23. The molecule has 0 saturated heterocycles. The van der Waals surface area contributed by atoms with Crippen molar-refractivity contribution in [3.63, 3.8) is 0 Å². The van der Waals surface area contributed by atoms with Crippen molar-refractivity contribution in [2.24, 2.45) is 0 Å². The van der Waals surface area contributed by atoms with Crippen LogP contribution in [0.4, 0.5) is 10.7 Å². The summed E-state index contributed by atoms with van der Waals surface area (Å²) in [4.78, 5) is 47.9. The molecule has 0 atom stereocenters. The van der Waals surface area contributed by atoms with Crippen LogP contribution in [0.1, 0.15) is 41.5 Å². The molecule has 0 saturated carbocycles. The molecular weight excluding hydrogens is 476 g/mol. The third-order valence-electron chi connectivity index (χ3n) is 4.65. The summed E-state index contributed by atoms with van der Waals surface area (Å²) in [6.45, 7) is 5.30. The molecule has 3 rings (SSSR count). The number of ether oxygens (including phenoxy) is 3. The number of nitrogens with one attached hydrogen (secondary N) is 1. The molecule has 0 radical (unpaired) electrons. The summed E-state index contributed by atoms with van der Waals surface area (Å²) in [6, 6.07) is 10.4. The number of carbonyl (C=O) groups is 3. The van der Waals surface area contributed by atoms with E-state index in [-0.39, 0.29) is 34.2 Å². The third kappa shape index (κ3) is 6.01. The second-order valence-electron chi connectivity index (χ2n) is 7.02. The van der Waals surface area contributed by atoms with Gasteiger partial charge < -0.3 is 19.5 Å². The second-order valence-corrected chi connectivity index (χ2v) is 7.90. The molecule has 3 aromatic rings. The highest BCUT2D eigenvalue weighted by Crippen LogP contribution is 2.37. The van der Waals surface area contributed by atoms with Gasteiger partial charge in [0.05, 0.1) is 23.7 Å². The Hall–Kier alpha value is -4.25. The minimum Gasteiger partial charge on any atom is -0.494 e. The van der Waals surface area contributed by atoms with Crippen LogP contribution in [-0.4, -0.2) is 36.0 Å². The summed E-state index contributed by atoms with van der Waals surface area (Å²) in [5.74, 6) is -1.63. The maximum atomic E-state index is 13.1. The largest absolute Gasteiger partial charge is 0.494 e. The average molecular weight is 499 g/mol. The molecule has 182 valence electrons. The number of hydrogen-bond acceptors (Lipinski definition) is 9. The van der Waals surface area contributed by atoms with Gasteiger partial charge in [0.2, 0.25) is 0 Å². The number of benzene rings is 2. The van der Waals surface area contributed by atoms with E-state index >= 15 is 0 Å². The van der Waals surface area contributed by atoms with E-state index in [0.29, 0.717) is 23.5 Å². The van der Waals surface area contributed by atoms with Crippen molar-refractivity contribution in [2.45, 2.75) is 20.8 Å². The fourth-order valence-corrected chi connectivity index (χ4v) is 4.14. The van der Waals surface area contributed by atoms with Crippen LogP contribution in [0.2, 0.25) is 0 Å². The zero-order valence-electron chi connectivity index (χ0n) is 19.2. The fourth-order valence-electron chi connectivity index (χ4n) is 3.19. The summed E-state index contributed by atoms with van der Waals surface area (Å²) >= 11 is 1.09. The zero-order valence-corrected chi connectivity index (χ0v) is 20.0. The molecule has 0 aliphatic carbocycles. The molecule has 1 N–H and O–H groups in total. The SMILES string of the molecule is CCOC(=O)c1c(-c2ccc(OCC)cc2)csc1NC(=O)c1cc([N+](=O)[O-])ccc1OC(C)=O. The molecule has 0 aliphatic rings. The van der Waals surface area contributed by atoms with Crippen LogP contribution in [0, 0.1) is 10.1 Å². The minimum absolute atomic E-state index is 0.117. The monoisotopic (exact) mass is 498 g/mol. The van der Waals surface area contributed by atoms with Crippen molar-refractivity contribution in [3.8, 4) is 22.6 Å². The van der Waals surface area contributed by atoms with Gasteiger partial charge in [-0.2, -0.15) is 0 Å². The maximum Gasteiger partial charge on any atom is 0.341 e. The second kappa shape index (κ2) is 11.3. The van der Waals surface area contributed by atoms with E-state index in [0.717, 1.165) is 30.4 Å². The van der Waals surface area contributed by atoms with Gasteiger partial charge in [-0.1, -0.05) is 12.1 Å². The number of hydrogen-bond donors (Lipinski definition) is 1. The summed E-state index contributed by atoms with van der Waals surface area (Å²) in [6.07, 6.45) is 0. The number of nitro groups is 1. The van der Waals surface area contributed by atoms with Gasteiger partial charge in [-0.25, -0.2) is 4.79 Å². The number of non-ortho nitro benzene ring substituents is 1. The smallest absolute Gasteiger partial charge is 0.341 e. The molecule has 2 aromatic carbocycles. The number of nitrogens with zero attached hydrogens (tertiary/aromatic N) is 1. The Morgan fingerprint density at radius 2 is 1.77 bits per heavy atom. The molecule has 1 aromatic heterocycles. The Kier molecular flexibility index (Phi) is 8.16. The molecule has 0 unspecified atom stereocenters. The lowest BCUT2D eigenvalue weighted by molar-refractivity contribution is -0.384. The molecule has 1 amide bonds. The standard InChI is InChI=1S/C24H22N2O8S/c1-4-32-17-9-6-15(7-10-17)19-13-35-23(21(19)24(29)33-5-2)25-22(28)18-12-16(26(30)31)8-11-20(18)34-14(3)27/h6-13H,4-5H2,1-3H3,(H,25,28). The van der Waals surface area contributed by atoms with E-state index in [9.17, 15) is 24.5 Å². The molecule has 35 heavy (non-hydrogen) atoms. The Morgan fingerprint density at radius 3 is 2.37 bits per heavy atom. The van der Waals surface area contributed by atoms with Gasteiger partial charge in [-0.15, -0.1) is 11.3 Å². The molecule has 11 heteroatoms. The fraction of sp³-hybridized carbons (Fsp3) is 0.208. The molecular formula is C24H22N2O8S. The highest BCUT2D eigenvalue weighted by atomic mass is 32.1. The van der Waals surface area contributed by atoms with Gasteiger partial charge in [-0.05, 0) is 37.6 Å². The maximum absolute atomic E-state index is 13.1. The number of carbonyl (C=O) groups excluding carboxylic acids is 3. The van der Waals surface area contributed by atoms with Gasteiger partial charge in [0.1, 0.15) is 22.1 Å². The molecule has 0 spiro atoms. The molecule has 10 nitrogen and oxygen atoms in total. The van der Waals surface area contributed by atoms with Crippen molar-refractivity contribution in [1.82, 2.24) is 0 Å². The van der Waals surface area contributed by atoms with E-state index in [4.69, 9.17) is 14.2 Å². The number of thiophene rings is 1. The van der Waals surface area contributed by atoms with E-state index in [1.165, 1.54) is 6.07 Å². The third-order valence-corrected chi connectivity index (χ3v) is 5.54. The van der Waals surface area contributed by atoms with Crippen LogP contribution in [0.25, 0.3) is 11.1 Å². The first-order valence-corrected chi connectivity index (χ1v) is 11.4. The molecule has 1 heterocycles. The summed E-state index contributed by atoms with van der Waals surface area (Å²) in [5, 5.41) is 15.7. The van der Waals surface area contributed by atoms with Gasteiger partial charge in [0.15, 0.2) is 0 Å². The lowest BCUT2D eigenvalue weighted by atomic mass is 10.0. The van der Waals surface area contributed by atoms with Crippen LogP contribution in [0.3, 0.4) is 0 Å². The van der Waals surface area contributed by atoms with Crippen LogP contribution < -0.4 is 14.8 Å². The number of anilines is 1. The Morgan fingerprint density at radius 1 is 1.06 bits per heavy atom. The van der Waals surface area contributed by atoms with E-state index < -0.39 is 22.8 Å².